The fourth-order valence-electron chi connectivity index (χ4n) is 1.70. The number of phenolic OH excluding ortho intramolecular Hbond substituents is 1. The fourth-order valence-corrected chi connectivity index (χ4v) is 1.70. The van der Waals surface area contributed by atoms with Crippen molar-refractivity contribution >= 4 is 0 Å². The maximum atomic E-state index is 10.1. The van der Waals surface area contributed by atoms with Crippen LogP contribution in [0.2, 0.25) is 0 Å². The topological polar surface area (TPSA) is 68.5 Å². The van der Waals surface area contributed by atoms with Gasteiger partial charge < -0.3 is 14.7 Å². The van der Waals surface area contributed by atoms with Crippen molar-refractivity contribution in [3.8, 4) is 17.6 Å². The summed E-state index contributed by atoms with van der Waals surface area (Å²) in [5.41, 5.74) is 0.548. The van der Waals surface area contributed by atoms with Crippen LogP contribution < -0.4 is 10.1 Å². The molecule has 19 heavy (non-hydrogen) atoms. The Morgan fingerprint density at radius 3 is 2.79 bits per heavy atom. The Morgan fingerprint density at radius 1 is 1.47 bits per heavy atom. The van der Waals surface area contributed by atoms with Crippen molar-refractivity contribution in [1.82, 2.24) is 10.2 Å². The standard InChI is InChI=1S/C14H21N3O2/c1-4-19-13-7-5-6-11(14(13)18)12(10-15)16-8-9-17(2)3/h5-7,12,16,18H,4,8-9H2,1-3H3. The molecule has 1 rings (SSSR count). The highest BCUT2D eigenvalue weighted by atomic mass is 16.5. The number of phenols is 1. The first kappa shape index (κ1) is 15.3. The van der Waals surface area contributed by atoms with Gasteiger partial charge in [-0.3, -0.25) is 5.32 Å². The summed E-state index contributed by atoms with van der Waals surface area (Å²) < 4.78 is 5.32. The second kappa shape index (κ2) is 7.62. The summed E-state index contributed by atoms with van der Waals surface area (Å²) in [4.78, 5) is 2.03. The Morgan fingerprint density at radius 2 is 2.21 bits per heavy atom. The average molecular weight is 263 g/mol. The Bertz CT molecular complexity index is 441. The number of likely N-dealkylation sites (N-methyl/N-ethyl adjacent to an activating group) is 1. The van der Waals surface area contributed by atoms with Crippen molar-refractivity contribution in [2.75, 3.05) is 33.8 Å². The van der Waals surface area contributed by atoms with Gasteiger partial charge in [0, 0.05) is 18.7 Å². The van der Waals surface area contributed by atoms with Gasteiger partial charge in [0.05, 0.1) is 12.7 Å². The van der Waals surface area contributed by atoms with E-state index in [0.717, 1.165) is 6.54 Å². The van der Waals surface area contributed by atoms with Gasteiger partial charge in [0.25, 0.3) is 0 Å². The first-order chi connectivity index (χ1) is 9.10. The van der Waals surface area contributed by atoms with Gasteiger partial charge in [-0.25, -0.2) is 0 Å². The number of ether oxygens (including phenoxy) is 1. The van der Waals surface area contributed by atoms with E-state index in [2.05, 4.69) is 11.4 Å². The summed E-state index contributed by atoms with van der Waals surface area (Å²) in [7, 11) is 3.94. The lowest BCUT2D eigenvalue weighted by Crippen LogP contribution is -2.29. The number of para-hydroxylation sites is 1. The monoisotopic (exact) mass is 263 g/mol. The van der Waals surface area contributed by atoms with Gasteiger partial charge in [-0.05, 0) is 27.1 Å². The summed E-state index contributed by atoms with van der Waals surface area (Å²) in [5, 5.41) is 22.4. The van der Waals surface area contributed by atoms with Gasteiger partial charge in [0.1, 0.15) is 6.04 Å². The van der Waals surface area contributed by atoms with Crippen molar-refractivity contribution in [3.05, 3.63) is 23.8 Å². The smallest absolute Gasteiger partial charge is 0.163 e. The van der Waals surface area contributed by atoms with Crippen LogP contribution in [0.1, 0.15) is 18.5 Å². The van der Waals surface area contributed by atoms with Gasteiger partial charge in [-0.1, -0.05) is 12.1 Å². The molecular weight excluding hydrogens is 242 g/mol. The molecule has 0 radical (unpaired) electrons. The molecule has 5 heteroatoms. The summed E-state index contributed by atoms with van der Waals surface area (Å²) in [5.74, 6) is 0.447. The van der Waals surface area contributed by atoms with E-state index in [9.17, 15) is 10.4 Å². The van der Waals surface area contributed by atoms with Gasteiger partial charge in [-0.2, -0.15) is 5.26 Å². The zero-order chi connectivity index (χ0) is 14.3. The first-order valence-electron chi connectivity index (χ1n) is 6.32. The van der Waals surface area contributed by atoms with Crippen molar-refractivity contribution in [2.24, 2.45) is 0 Å². The van der Waals surface area contributed by atoms with Crippen LogP contribution in [-0.2, 0) is 0 Å². The maximum Gasteiger partial charge on any atom is 0.163 e. The van der Waals surface area contributed by atoms with Crippen LogP contribution in [0.25, 0.3) is 0 Å². The van der Waals surface area contributed by atoms with Crippen LogP contribution in [-0.4, -0.2) is 43.8 Å². The minimum atomic E-state index is -0.541. The van der Waals surface area contributed by atoms with Crippen LogP contribution in [0, 0.1) is 11.3 Å². The molecule has 0 aliphatic carbocycles. The van der Waals surface area contributed by atoms with Gasteiger partial charge in [0.15, 0.2) is 11.5 Å². The lowest BCUT2D eigenvalue weighted by molar-refractivity contribution is 0.315. The number of nitriles is 1. The van der Waals surface area contributed by atoms with Gasteiger partial charge in [0.2, 0.25) is 0 Å². The Kier molecular flexibility index (Phi) is 6.13. The number of hydrogen-bond acceptors (Lipinski definition) is 5. The molecule has 5 nitrogen and oxygen atoms in total. The van der Waals surface area contributed by atoms with E-state index >= 15 is 0 Å². The maximum absolute atomic E-state index is 10.1. The molecule has 0 aliphatic rings. The summed E-state index contributed by atoms with van der Waals surface area (Å²) in [6.07, 6.45) is 0. The van der Waals surface area contributed by atoms with Crippen LogP contribution in [0.4, 0.5) is 0 Å². The summed E-state index contributed by atoms with van der Waals surface area (Å²) >= 11 is 0. The predicted octanol–water partition coefficient (Wildman–Crippen LogP) is 1.51. The van der Waals surface area contributed by atoms with Crippen LogP contribution >= 0.6 is 0 Å². The van der Waals surface area contributed by atoms with E-state index in [4.69, 9.17) is 4.74 Å². The third-order valence-electron chi connectivity index (χ3n) is 2.68. The highest BCUT2D eigenvalue weighted by molar-refractivity contribution is 5.48. The second-order valence-corrected chi connectivity index (χ2v) is 4.45. The molecule has 1 aromatic carbocycles. The van der Waals surface area contributed by atoms with Crippen LogP contribution in [0.15, 0.2) is 18.2 Å². The van der Waals surface area contributed by atoms with Crippen molar-refractivity contribution < 1.29 is 9.84 Å². The van der Waals surface area contributed by atoms with Crippen molar-refractivity contribution in [2.45, 2.75) is 13.0 Å². The van der Waals surface area contributed by atoms with Gasteiger partial charge >= 0.3 is 0 Å². The van der Waals surface area contributed by atoms with Gasteiger partial charge in [-0.15, -0.1) is 0 Å². The quantitative estimate of drug-likeness (QED) is 0.780. The molecule has 1 aromatic rings. The molecule has 104 valence electrons. The summed E-state index contributed by atoms with van der Waals surface area (Å²) in [6, 6.07) is 6.81. The SMILES string of the molecule is CCOc1cccc(C(C#N)NCCN(C)C)c1O. The largest absolute Gasteiger partial charge is 0.504 e. The first-order valence-corrected chi connectivity index (χ1v) is 6.32. The number of benzene rings is 1. The lowest BCUT2D eigenvalue weighted by atomic mass is 10.1. The Labute approximate surface area is 114 Å². The zero-order valence-electron chi connectivity index (χ0n) is 11.7. The minimum Gasteiger partial charge on any atom is -0.504 e. The molecule has 0 aliphatic heterocycles. The van der Waals surface area contributed by atoms with E-state index in [1.807, 2.05) is 25.9 Å². The van der Waals surface area contributed by atoms with E-state index in [1.54, 1.807) is 18.2 Å². The van der Waals surface area contributed by atoms with Crippen molar-refractivity contribution in [1.29, 1.82) is 5.26 Å². The molecule has 0 amide bonds. The van der Waals surface area contributed by atoms with Crippen LogP contribution in [0.3, 0.4) is 0 Å². The second-order valence-electron chi connectivity index (χ2n) is 4.45. The number of hydrogen-bond donors (Lipinski definition) is 2. The molecule has 0 heterocycles. The molecular formula is C14H21N3O2. The highest BCUT2D eigenvalue weighted by Gasteiger charge is 2.17. The molecule has 0 saturated carbocycles. The Hall–Kier alpha value is -1.77. The number of aromatic hydroxyl groups is 1. The zero-order valence-corrected chi connectivity index (χ0v) is 11.7. The minimum absolute atomic E-state index is 0.0354. The predicted molar refractivity (Wildman–Crippen MR) is 74.2 cm³/mol. The molecule has 0 spiro atoms. The molecule has 1 unspecified atom stereocenters. The van der Waals surface area contributed by atoms with E-state index < -0.39 is 6.04 Å². The Balaban J connectivity index is 2.81. The third kappa shape index (κ3) is 4.43. The van der Waals surface area contributed by atoms with Crippen molar-refractivity contribution in [3.63, 3.8) is 0 Å². The molecule has 0 fully saturated rings. The van der Waals surface area contributed by atoms with E-state index in [-0.39, 0.29) is 5.75 Å². The molecule has 0 aromatic heterocycles. The number of rotatable bonds is 7. The average Bonchev–Trinajstić information content (AvgIpc) is 2.38. The third-order valence-corrected chi connectivity index (χ3v) is 2.68. The normalized spacial score (nSPS) is 12.2. The van der Waals surface area contributed by atoms with Crippen LogP contribution in [0.5, 0.6) is 11.5 Å². The highest BCUT2D eigenvalue weighted by Crippen LogP contribution is 2.33. The number of nitrogens with zero attached hydrogens (tertiary/aromatic N) is 2. The molecule has 0 bridgehead atoms. The molecule has 0 saturated heterocycles. The van der Waals surface area contributed by atoms with E-state index in [0.29, 0.717) is 24.5 Å². The lowest BCUT2D eigenvalue weighted by Gasteiger charge is -2.17. The fraction of sp³-hybridized carbons (Fsp3) is 0.500. The molecule has 1 atom stereocenters. The summed E-state index contributed by atoms with van der Waals surface area (Å²) in [6.45, 7) is 3.82. The van der Waals surface area contributed by atoms with E-state index in [1.165, 1.54) is 0 Å². The number of nitrogens with one attached hydrogen (secondary N) is 1. The molecule has 2 N–H and O–H groups in total.